The minimum atomic E-state index is -4.37. The van der Waals surface area contributed by atoms with Gasteiger partial charge in [-0.05, 0) is 48.4 Å². The van der Waals surface area contributed by atoms with E-state index in [9.17, 15) is 13.2 Å². The predicted octanol–water partition coefficient (Wildman–Crippen LogP) is 7.21. The first kappa shape index (κ1) is 21.4. The lowest BCUT2D eigenvalue weighted by Crippen LogP contribution is -2.04. The number of para-hydroxylation sites is 2. The molecule has 1 aromatic heterocycles. The van der Waals surface area contributed by atoms with Crippen LogP contribution in [0.3, 0.4) is 0 Å². The molecule has 0 bridgehead atoms. The summed E-state index contributed by atoms with van der Waals surface area (Å²) in [7, 11) is 0. The molecule has 32 heavy (non-hydrogen) atoms. The molecule has 162 valence electrons. The molecule has 4 rings (SSSR count). The van der Waals surface area contributed by atoms with Crippen LogP contribution in [0.5, 0.6) is 0 Å². The molecule has 0 aliphatic heterocycles. The third kappa shape index (κ3) is 4.88. The average molecular weight is 434 g/mol. The smallest absolute Gasteiger partial charge is 0.355 e. The topological polar surface area (TPSA) is 49.8 Å². The Bertz CT molecular complexity index is 1200. The highest BCUT2D eigenvalue weighted by Gasteiger charge is 2.29. The fourth-order valence-corrected chi connectivity index (χ4v) is 3.37. The molecule has 0 aliphatic carbocycles. The Morgan fingerprint density at radius 3 is 2.19 bits per heavy atom. The summed E-state index contributed by atoms with van der Waals surface area (Å²) in [5.41, 5.74) is 4.51. The summed E-state index contributed by atoms with van der Waals surface area (Å²) < 4.78 is 38.3. The van der Waals surface area contributed by atoms with Crippen molar-refractivity contribution in [3.63, 3.8) is 0 Å². The molecular formula is C25H21F3N4. The first-order chi connectivity index (χ1) is 15.4. The standard InChI is InChI=1S/C25H21F3N4/c1-2-17-7-3-5-9-21(17)32-22-10-6-4-8-20(22)23-15-24(30-16-29-23)31-19-13-11-18(12-14-19)25(26,27)28/h3-16,32H,2H2,1H3,(H,29,30,31). The first-order valence-corrected chi connectivity index (χ1v) is 10.1. The SMILES string of the molecule is CCc1ccccc1Nc1ccccc1-c1cc(Nc2ccc(C(F)(F)F)cc2)ncn1. The number of hydrogen-bond acceptors (Lipinski definition) is 4. The van der Waals surface area contributed by atoms with Gasteiger partial charge in [-0.3, -0.25) is 0 Å². The highest BCUT2D eigenvalue weighted by molar-refractivity contribution is 5.81. The number of aryl methyl sites for hydroxylation is 1. The van der Waals surface area contributed by atoms with Gasteiger partial charge in [-0.25, -0.2) is 9.97 Å². The van der Waals surface area contributed by atoms with Gasteiger partial charge in [0.2, 0.25) is 0 Å². The van der Waals surface area contributed by atoms with Crippen molar-refractivity contribution in [3.05, 3.63) is 96.3 Å². The van der Waals surface area contributed by atoms with Crippen LogP contribution in [0.15, 0.2) is 85.2 Å². The second-order valence-electron chi connectivity index (χ2n) is 7.17. The van der Waals surface area contributed by atoms with Crippen LogP contribution in [0.2, 0.25) is 0 Å². The zero-order chi connectivity index (χ0) is 22.6. The Morgan fingerprint density at radius 2 is 1.47 bits per heavy atom. The minimum absolute atomic E-state index is 0.485. The molecule has 4 nitrogen and oxygen atoms in total. The molecule has 0 spiro atoms. The number of rotatable bonds is 6. The second kappa shape index (κ2) is 9.09. The fourth-order valence-electron chi connectivity index (χ4n) is 3.37. The molecule has 3 aromatic carbocycles. The summed E-state index contributed by atoms with van der Waals surface area (Å²) in [4.78, 5) is 8.61. The van der Waals surface area contributed by atoms with Crippen molar-refractivity contribution in [3.8, 4) is 11.3 Å². The molecule has 2 N–H and O–H groups in total. The molecule has 0 saturated heterocycles. The zero-order valence-electron chi connectivity index (χ0n) is 17.3. The molecule has 0 saturated carbocycles. The normalized spacial score (nSPS) is 11.2. The van der Waals surface area contributed by atoms with Gasteiger partial charge in [-0.15, -0.1) is 0 Å². The van der Waals surface area contributed by atoms with Gasteiger partial charge in [0, 0.05) is 28.7 Å². The van der Waals surface area contributed by atoms with Gasteiger partial charge in [0.05, 0.1) is 11.3 Å². The number of benzene rings is 3. The Kier molecular flexibility index (Phi) is 6.07. The summed E-state index contributed by atoms with van der Waals surface area (Å²) in [6.45, 7) is 2.11. The Balaban J connectivity index is 1.60. The minimum Gasteiger partial charge on any atom is -0.355 e. The second-order valence-corrected chi connectivity index (χ2v) is 7.17. The van der Waals surface area contributed by atoms with Crippen LogP contribution in [-0.2, 0) is 12.6 Å². The largest absolute Gasteiger partial charge is 0.416 e. The number of nitrogens with one attached hydrogen (secondary N) is 2. The Morgan fingerprint density at radius 1 is 0.781 bits per heavy atom. The van der Waals surface area contributed by atoms with Crippen molar-refractivity contribution in [2.75, 3.05) is 10.6 Å². The summed E-state index contributed by atoms with van der Waals surface area (Å²) >= 11 is 0. The number of alkyl halides is 3. The molecular weight excluding hydrogens is 413 g/mol. The fraction of sp³-hybridized carbons (Fsp3) is 0.120. The van der Waals surface area contributed by atoms with E-state index in [-0.39, 0.29) is 0 Å². The van der Waals surface area contributed by atoms with Crippen LogP contribution in [-0.4, -0.2) is 9.97 Å². The summed E-state index contributed by atoms with van der Waals surface area (Å²) in [6, 6.07) is 22.5. The predicted molar refractivity (Wildman–Crippen MR) is 121 cm³/mol. The third-order valence-electron chi connectivity index (χ3n) is 5.02. The van der Waals surface area contributed by atoms with Gasteiger partial charge < -0.3 is 10.6 Å². The zero-order valence-corrected chi connectivity index (χ0v) is 17.3. The van der Waals surface area contributed by atoms with Crippen LogP contribution in [0.1, 0.15) is 18.1 Å². The molecule has 4 aromatic rings. The molecule has 7 heteroatoms. The lowest BCUT2D eigenvalue weighted by Gasteiger charge is -2.15. The van der Waals surface area contributed by atoms with E-state index < -0.39 is 11.7 Å². The van der Waals surface area contributed by atoms with E-state index in [1.54, 1.807) is 6.07 Å². The number of hydrogen-bond donors (Lipinski definition) is 2. The lowest BCUT2D eigenvalue weighted by molar-refractivity contribution is -0.137. The quantitative estimate of drug-likeness (QED) is 0.337. The molecule has 1 heterocycles. The maximum atomic E-state index is 12.8. The molecule has 0 amide bonds. The lowest BCUT2D eigenvalue weighted by atomic mass is 10.1. The maximum absolute atomic E-state index is 12.8. The average Bonchev–Trinajstić information content (AvgIpc) is 2.80. The van der Waals surface area contributed by atoms with E-state index in [2.05, 4.69) is 33.6 Å². The van der Waals surface area contributed by atoms with Crippen LogP contribution >= 0.6 is 0 Å². The first-order valence-electron chi connectivity index (χ1n) is 10.1. The van der Waals surface area contributed by atoms with Crippen molar-refractivity contribution in [1.29, 1.82) is 0 Å². The molecule has 0 atom stereocenters. The van der Waals surface area contributed by atoms with Gasteiger partial charge in [0.1, 0.15) is 12.1 Å². The van der Waals surface area contributed by atoms with Crippen molar-refractivity contribution in [2.24, 2.45) is 0 Å². The van der Waals surface area contributed by atoms with Crippen molar-refractivity contribution in [1.82, 2.24) is 9.97 Å². The van der Waals surface area contributed by atoms with Crippen LogP contribution < -0.4 is 10.6 Å². The van der Waals surface area contributed by atoms with E-state index >= 15 is 0 Å². The van der Waals surface area contributed by atoms with E-state index in [1.165, 1.54) is 24.0 Å². The maximum Gasteiger partial charge on any atom is 0.416 e. The molecule has 0 aliphatic rings. The summed E-state index contributed by atoms with van der Waals surface area (Å²) in [6.07, 6.45) is -2.04. The van der Waals surface area contributed by atoms with E-state index in [0.717, 1.165) is 35.5 Å². The number of aromatic nitrogens is 2. The van der Waals surface area contributed by atoms with Crippen LogP contribution in [0, 0.1) is 0 Å². The van der Waals surface area contributed by atoms with E-state index in [1.807, 2.05) is 42.5 Å². The number of halogens is 3. The Hall–Kier alpha value is -3.87. The highest BCUT2D eigenvalue weighted by atomic mass is 19.4. The highest BCUT2D eigenvalue weighted by Crippen LogP contribution is 2.32. The number of nitrogens with zero attached hydrogens (tertiary/aromatic N) is 2. The van der Waals surface area contributed by atoms with Gasteiger partial charge in [-0.1, -0.05) is 43.3 Å². The Labute approximate surface area is 184 Å². The van der Waals surface area contributed by atoms with Gasteiger partial charge in [0.25, 0.3) is 0 Å². The monoisotopic (exact) mass is 434 g/mol. The van der Waals surface area contributed by atoms with Gasteiger partial charge >= 0.3 is 6.18 Å². The molecule has 0 radical (unpaired) electrons. The summed E-state index contributed by atoms with van der Waals surface area (Å²) in [5.74, 6) is 0.485. The van der Waals surface area contributed by atoms with Crippen molar-refractivity contribution in [2.45, 2.75) is 19.5 Å². The van der Waals surface area contributed by atoms with Crippen LogP contribution in [0.4, 0.5) is 36.1 Å². The van der Waals surface area contributed by atoms with E-state index in [0.29, 0.717) is 17.2 Å². The molecule has 0 unspecified atom stereocenters. The summed E-state index contributed by atoms with van der Waals surface area (Å²) in [5, 5.41) is 6.53. The van der Waals surface area contributed by atoms with Crippen LogP contribution in [0.25, 0.3) is 11.3 Å². The number of anilines is 4. The third-order valence-corrected chi connectivity index (χ3v) is 5.02. The van der Waals surface area contributed by atoms with Crippen molar-refractivity contribution < 1.29 is 13.2 Å². The van der Waals surface area contributed by atoms with E-state index in [4.69, 9.17) is 0 Å². The van der Waals surface area contributed by atoms with Gasteiger partial charge in [0.15, 0.2) is 0 Å². The van der Waals surface area contributed by atoms with Gasteiger partial charge in [-0.2, -0.15) is 13.2 Å². The van der Waals surface area contributed by atoms with Crippen molar-refractivity contribution >= 4 is 22.9 Å². The molecule has 0 fully saturated rings.